The molecule has 0 spiro atoms. The summed E-state index contributed by atoms with van der Waals surface area (Å²) in [5.74, 6) is 0.704. The van der Waals surface area contributed by atoms with Crippen LogP contribution < -0.4 is 0 Å². The van der Waals surface area contributed by atoms with E-state index in [4.69, 9.17) is 0 Å². The van der Waals surface area contributed by atoms with Gasteiger partial charge >= 0.3 is 0 Å². The molecular weight excluding hydrogens is 236 g/mol. The van der Waals surface area contributed by atoms with Gasteiger partial charge in [-0.05, 0) is 30.9 Å². The average molecular weight is 250 g/mol. The fourth-order valence-electron chi connectivity index (χ4n) is 1.46. The van der Waals surface area contributed by atoms with Gasteiger partial charge in [0, 0.05) is 11.9 Å². The van der Waals surface area contributed by atoms with Gasteiger partial charge in [0.2, 0.25) is 5.82 Å². The van der Waals surface area contributed by atoms with Crippen LogP contribution in [0.2, 0.25) is 0 Å². The molecule has 0 bridgehead atoms. The first kappa shape index (κ1) is 11.8. The van der Waals surface area contributed by atoms with E-state index in [2.05, 4.69) is 21.2 Å². The molecular formula is C11H14N4OS. The Bertz CT molecular complexity index is 531. The van der Waals surface area contributed by atoms with Crippen molar-refractivity contribution in [1.29, 1.82) is 0 Å². The van der Waals surface area contributed by atoms with Crippen molar-refractivity contribution in [2.75, 3.05) is 7.05 Å². The van der Waals surface area contributed by atoms with Crippen LogP contribution in [0.1, 0.15) is 26.9 Å². The van der Waals surface area contributed by atoms with Crippen LogP contribution in [-0.4, -0.2) is 33.0 Å². The van der Waals surface area contributed by atoms with Gasteiger partial charge in [0.25, 0.3) is 5.91 Å². The maximum Gasteiger partial charge on any atom is 0.293 e. The minimum atomic E-state index is -0.165. The molecule has 1 N–H and O–H groups in total. The Balaban J connectivity index is 2.08. The third-order valence-electron chi connectivity index (χ3n) is 2.48. The van der Waals surface area contributed by atoms with Crippen molar-refractivity contribution in [2.24, 2.45) is 0 Å². The van der Waals surface area contributed by atoms with Crippen molar-refractivity contribution < 1.29 is 4.79 Å². The molecule has 2 rings (SSSR count). The van der Waals surface area contributed by atoms with Gasteiger partial charge in [-0.3, -0.25) is 9.89 Å². The number of thiophene rings is 1. The second-order valence-corrected chi connectivity index (χ2v) is 4.93. The molecule has 5 nitrogen and oxygen atoms in total. The zero-order valence-corrected chi connectivity index (χ0v) is 10.8. The molecule has 0 saturated carbocycles. The van der Waals surface area contributed by atoms with E-state index in [9.17, 15) is 4.79 Å². The molecule has 0 aliphatic rings. The minimum absolute atomic E-state index is 0.165. The van der Waals surface area contributed by atoms with E-state index in [1.807, 2.05) is 12.3 Å². The minimum Gasteiger partial charge on any atom is -0.334 e. The summed E-state index contributed by atoms with van der Waals surface area (Å²) in [5.41, 5.74) is 1.21. The first-order valence-electron chi connectivity index (χ1n) is 5.25. The fourth-order valence-corrected chi connectivity index (χ4v) is 2.42. The quantitative estimate of drug-likeness (QED) is 0.902. The number of carbonyl (C=O) groups excluding carboxylic acids is 1. The van der Waals surface area contributed by atoms with E-state index in [1.54, 1.807) is 30.2 Å². The summed E-state index contributed by atoms with van der Waals surface area (Å²) < 4.78 is 0. The molecule has 0 fully saturated rings. The van der Waals surface area contributed by atoms with E-state index < -0.39 is 0 Å². The van der Waals surface area contributed by atoms with Crippen LogP contribution in [0.25, 0.3) is 0 Å². The van der Waals surface area contributed by atoms with Crippen LogP contribution in [0.4, 0.5) is 0 Å². The SMILES string of the molecule is Cc1nc(C(=O)N(C)Cc2sccc2C)n[nH]1. The molecule has 17 heavy (non-hydrogen) atoms. The first-order chi connectivity index (χ1) is 8.08. The van der Waals surface area contributed by atoms with Gasteiger partial charge in [-0.2, -0.15) is 0 Å². The fraction of sp³-hybridized carbons (Fsp3) is 0.364. The highest BCUT2D eigenvalue weighted by Crippen LogP contribution is 2.17. The number of aryl methyl sites for hydroxylation is 2. The van der Waals surface area contributed by atoms with E-state index >= 15 is 0 Å². The maximum atomic E-state index is 12.0. The molecule has 0 saturated heterocycles. The Morgan fingerprint density at radius 3 is 2.82 bits per heavy atom. The second-order valence-electron chi connectivity index (χ2n) is 3.93. The van der Waals surface area contributed by atoms with Gasteiger partial charge in [-0.1, -0.05) is 0 Å². The average Bonchev–Trinajstić information content (AvgIpc) is 2.88. The van der Waals surface area contributed by atoms with Crippen LogP contribution in [0.15, 0.2) is 11.4 Å². The van der Waals surface area contributed by atoms with Crippen LogP contribution in [0, 0.1) is 13.8 Å². The lowest BCUT2D eigenvalue weighted by Crippen LogP contribution is -2.27. The molecule has 2 aromatic heterocycles. The number of aromatic nitrogens is 3. The predicted octanol–water partition coefficient (Wildman–Crippen LogP) is 1.76. The molecule has 0 radical (unpaired) electrons. The third-order valence-corrected chi connectivity index (χ3v) is 3.49. The van der Waals surface area contributed by atoms with Gasteiger partial charge in [0.05, 0.1) is 6.54 Å². The Kier molecular flexibility index (Phi) is 3.23. The number of H-pyrrole nitrogens is 1. The molecule has 2 heterocycles. The lowest BCUT2D eigenvalue weighted by atomic mass is 10.3. The van der Waals surface area contributed by atoms with Crippen molar-refractivity contribution in [3.8, 4) is 0 Å². The van der Waals surface area contributed by atoms with Gasteiger partial charge in [-0.25, -0.2) is 4.98 Å². The lowest BCUT2D eigenvalue weighted by molar-refractivity contribution is 0.0774. The monoisotopic (exact) mass is 250 g/mol. The highest BCUT2D eigenvalue weighted by atomic mass is 32.1. The van der Waals surface area contributed by atoms with Crippen molar-refractivity contribution >= 4 is 17.2 Å². The van der Waals surface area contributed by atoms with Crippen LogP contribution in [0.3, 0.4) is 0 Å². The Hall–Kier alpha value is -1.69. The topological polar surface area (TPSA) is 61.9 Å². The number of rotatable bonds is 3. The number of nitrogens with zero attached hydrogens (tertiary/aromatic N) is 3. The Morgan fingerprint density at radius 1 is 1.53 bits per heavy atom. The van der Waals surface area contributed by atoms with Gasteiger partial charge in [-0.15, -0.1) is 16.4 Å². The molecule has 0 aromatic carbocycles. The summed E-state index contributed by atoms with van der Waals surface area (Å²) >= 11 is 1.65. The van der Waals surface area contributed by atoms with Crippen molar-refractivity contribution in [1.82, 2.24) is 20.1 Å². The van der Waals surface area contributed by atoms with Gasteiger partial charge in [0.15, 0.2) is 0 Å². The zero-order valence-electron chi connectivity index (χ0n) is 10.0. The summed E-state index contributed by atoms with van der Waals surface area (Å²) in [6.07, 6.45) is 0. The number of hydrogen-bond donors (Lipinski definition) is 1. The molecule has 0 aliphatic carbocycles. The van der Waals surface area contributed by atoms with Crippen LogP contribution in [-0.2, 0) is 6.54 Å². The third kappa shape index (κ3) is 2.52. The Morgan fingerprint density at radius 2 is 2.29 bits per heavy atom. The van der Waals surface area contributed by atoms with Crippen molar-refractivity contribution in [3.63, 3.8) is 0 Å². The Labute approximate surface area is 103 Å². The highest BCUT2D eigenvalue weighted by Gasteiger charge is 2.17. The second kappa shape index (κ2) is 4.67. The number of nitrogens with one attached hydrogen (secondary N) is 1. The van der Waals surface area contributed by atoms with E-state index in [0.717, 1.165) is 0 Å². The lowest BCUT2D eigenvalue weighted by Gasteiger charge is -2.14. The number of carbonyl (C=O) groups is 1. The summed E-state index contributed by atoms with van der Waals surface area (Å²) in [5, 5.41) is 8.56. The summed E-state index contributed by atoms with van der Waals surface area (Å²) in [7, 11) is 1.76. The molecule has 6 heteroatoms. The molecule has 0 atom stereocenters. The highest BCUT2D eigenvalue weighted by molar-refractivity contribution is 7.10. The maximum absolute atomic E-state index is 12.0. The number of amides is 1. The normalized spacial score (nSPS) is 10.5. The summed E-state index contributed by atoms with van der Waals surface area (Å²) in [6.45, 7) is 4.41. The molecule has 0 unspecified atom stereocenters. The predicted molar refractivity (Wildman–Crippen MR) is 66.0 cm³/mol. The molecule has 90 valence electrons. The van der Waals surface area contributed by atoms with E-state index in [1.165, 1.54) is 10.4 Å². The molecule has 2 aromatic rings. The summed E-state index contributed by atoms with van der Waals surface area (Å²) in [6, 6.07) is 2.05. The number of aromatic amines is 1. The molecule has 1 amide bonds. The van der Waals surface area contributed by atoms with Crippen molar-refractivity contribution in [3.05, 3.63) is 33.5 Å². The number of hydrogen-bond acceptors (Lipinski definition) is 4. The smallest absolute Gasteiger partial charge is 0.293 e. The van der Waals surface area contributed by atoms with Crippen LogP contribution >= 0.6 is 11.3 Å². The summed E-state index contributed by atoms with van der Waals surface area (Å²) in [4.78, 5) is 18.8. The standard InChI is InChI=1S/C11H14N4OS/c1-7-4-5-17-9(7)6-15(3)11(16)10-12-8(2)13-14-10/h4-5H,6H2,1-3H3,(H,12,13,14). The van der Waals surface area contributed by atoms with E-state index in [-0.39, 0.29) is 11.7 Å². The van der Waals surface area contributed by atoms with Crippen molar-refractivity contribution in [2.45, 2.75) is 20.4 Å². The van der Waals surface area contributed by atoms with E-state index in [0.29, 0.717) is 12.4 Å². The molecule has 0 aliphatic heterocycles. The van der Waals surface area contributed by atoms with Gasteiger partial charge in [0.1, 0.15) is 5.82 Å². The van der Waals surface area contributed by atoms with Crippen LogP contribution in [0.5, 0.6) is 0 Å². The van der Waals surface area contributed by atoms with Gasteiger partial charge < -0.3 is 4.90 Å². The zero-order chi connectivity index (χ0) is 12.4. The largest absolute Gasteiger partial charge is 0.334 e. The first-order valence-corrected chi connectivity index (χ1v) is 6.13.